The zero-order valence-electron chi connectivity index (χ0n) is 25.2. The number of aliphatic carboxylic acids is 1. The molecule has 0 bridgehead atoms. The van der Waals surface area contributed by atoms with Crippen LogP contribution in [0.2, 0.25) is 0 Å². The molecule has 2 heterocycles. The first-order valence-corrected chi connectivity index (χ1v) is 15.5. The summed E-state index contributed by atoms with van der Waals surface area (Å²) in [6.45, 7) is 0. The maximum Gasteiger partial charge on any atom is 0.362 e. The molecule has 240 valence electrons. The summed E-state index contributed by atoms with van der Waals surface area (Å²) in [5.74, 6) is -1.62. The summed E-state index contributed by atoms with van der Waals surface area (Å²) < 4.78 is 16.7. The summed E-state index contributed by atoms with van der Waals surface area (Å²) in [6, 6.07) is 39.2. The fourth-order valence-electron chi connectivity index (χ4n) is 4.90. The molecule has 6 aromatic rings. The van der Waals surface area contributed by atoms with Crippen LogP contribution in [0.4, 0.5) is 5.13 Å². The predicted molar refractivity (Wildman–Crippen MR) is 181 cm³/mol. The van der Waals surface area contributed by atoms with Crippen molar-refractivity contribution in [3.8, 4) is 5.75 Å². The summed E-state index contributed by atoms with van der Waals surface area (Å²) >= 11 is 0.815. The normalized spacial score (nSPS) is 12.2. The van der Waals surface area contributed by atoms with Crippen molar-refractivity contribution in [3.05, 3.63) is 178 Å². The molecular weight excluding hydrogens is 630 g/mol. The molecule has 48 heavy (non-hydrogen) atoms. The van der Waals surface area contributed by atoms with Gasteiger partial charge in [-0.15, -0.1) is 0 Å². The molecule has 6 rings (SSSR count). The number of carboxylic acids is 1. The average molecular weight is 660 g/mol. The molecule has 0 aliphatic carbocycles. The van der Waals surface area contributed by atoms with Crippen LogP contribution in [0.25, 0.3) is 0 Å². The Labute approximate surface area is 279 Å². The Morgan fingerprint density at radius 2 is 1.29 bits per heavy atom. The van der Waals surface area contributed by atoms with Crippen molar-refractivity contribution in [2.75, 3.05) is 5.73 Å². The maximum absolute atomic E-state index is 13.6. The zero-order valence-corrected chi connectivity index (χ0v) is 26.1. The molecule has 0 aliphatic heterocycles. The van der Waals surface area contributed by atoms with Crippen molar-refractivity contribution >= 4 is 28.3 Å². The molecule has 0 amide bonds. The van der Waals surface area contributed by atoms with Gasteiger partial charge in [0.15, 0.2) is 10.9 Å². The lowest BCUT2D eigenvalue weighted by atomic mass is 10.0. The topological polar surface area (TPSA) is 162 Å². The van der Waals surface area contributed by atoms with Crippen molar-refractivity contribution in [2.45, 2.75) is 18.5 Å². The summed E-state index contributed by atoms with van der Waals surface area (Å²) in [4.78, 5) is 38.5. The largest absolute Gasteiger partial charge is 0.476 e. The van der Waals surface area contributed by atoms with Gasteiger partial charge in [0.2, 0.25) is 17.0 Å². The van der Waals surface area contributed by atoms with E-state index in [4.69, 9.17) is 20.0 Å². The van der Waals surface area contributed by atoms with Crippen LogP contribution < -0.4 is 15.9 Å². The second-order valence-electron chi connectivity index (χ2n) is 10.4. The van der Waals surface area contributed by atoms with Gasteiger partial charge in [-0.05, 0) is 22.3 Å². The number of carbonyl (C=O) groups is 1. The standard InChI is InChI=1S/C36H29N5O6S/c37-36-39-33(41-48-36)30(34(43)44)40-47-35(46-32(25-17-9-3-10-18-25)26-19-11-4-12-20-26)27-21-28(42)29(22-38-27)45-31(23-13-5-1-6-14-23)24-15-7-2-8-16-24/h1-22,31-32,35H,(H,38,42)(H,43,44)(H2,37,39,41). The number of nitrogens with zero attached hydrogens (tertiary/aromatic N) is 3. The molecular formula is C36H29N5O6S. The minimum atomic E-state index is -1.45. The van der Waals surface area contributed by atoms with Crippen molar-refractivity contribution in [1.82, 2.24) is 14.3 Å². The van der Waals surface area contributed by atoms with E-state index in [2.05, 4.69) is 19.5 Å². The summed E-state index contributed by atoms with van der Waals surface area (Å²) in [5.41, 5.74) is 8.05. The van der Waals surface area contributed by atoms with Gasteiger partial charge in [-0.25, -0.2) is 4.79 Å². The number of rotatable bonds is 13. The van der Waals surface area contributed by atoms with Crippen LogP contribution in [0.3, 0.4) is 0 Å². The van der Waals surface area contributed by atoms with Gasteiger partial charge in [0.1, 0.15) is 12.2 Å². The number of pyridine rings is 1. The molecule has 2 aromatic heterocycles. The number of H-pyrrole nitrogens is 1. The van der Waals surface area contributed by atoms with Gasteiger partial charge in [-0.3, -0.25) is 4.79 Å². The molecule has 4 aromatic carbocycles. The van der Waals surface area contributed by atoms with E-state index in [1.54, 1.807) is 0 Å². The third-order valence-corrected chi connectivity index (χ3v) is 7.71. The second-order valence-corrected chi connectivity index (χ2v) is 11.2. The highest BCUT2D eigenvalue weighted by Crippen LogP contribution is 2.33. The van der Waals surface area contributed by atoms with Gasteiger partial charge < -0.3 is 30.1 Å². The lowest BCUT2D eigenvalue weighted by Gasteiger charge is -2.25. The van der Waals surface area contributed by atoms with Gasteiger partial charge in [0.05, 0.1) is 5.69 Å². The van der Waals surface area contributed by atoms with Gasteiger partial charge >= 0.3 is 5.97 Å². The van der Waals surface area contributed by atoms with E-state index in [-0.39, 0.29) is 22.4 Å². The molecule has 0 fully saturated rings. The van der Waals surface area contributed by atoms with E-state index in [1.165, 1.54) is 12.3 Å². The van der Waals surface area contributed by atoms with Crippen molar-refractivity contribution in [2.24, 2.45) is 5.16 Å². The molecule has 1 atom stereocenters. The number of aromatic amines is 1. The van der Waals surface area contributed by atoms with Crippen LogP contribution in [-0.2, 0) is 14.4 Å². The monoisotopic (exact) mass is 659 g/mol. The molecule has 11 nitrogen and oxygen atoms in total. The molecule has 12 heteroatoms. The number of hydrogen-bond donors (Lipinski definition) is 3. The van der Waals surface area contributed by atoms with Gasteiger partial charge in [-0.1, -0.05) is 126 Å². The van der Waals surface area contributed by atoms with Crippen LogP contribution in [0, 0.1) is 0 Å². The molecule has 4 N–H and O–H groups in total. The van der Waals surface area contributed by atoms with E-state index in [0.29, 0.717) is 0 Å². The molecule has 0 spiro atoms. The molecule has 1 unspecified atom stereocenters. The van der Waals surface area contributed by atoms with E-state index >= 15 is 0 Å². The minimum Gasteiger partial charge on any atom is -0.476 e. The predicted octanol–water partition coefficient (Wildman–Crippen LogP) is 6.29. The SMILES string of the molecule is Nc1nc(C(=NOC(OC(c2ccccc2)c2ccccc2)c2cc(=O)c(OC(c3ccccc3)c3ccccc3)c[nH]2)C(=O)O)ns1. The minimum absolute atomic E-state index is 0.0507. The fourth-order valence-corrected chi connectivity index (χ4v) is 5.34. The number of nitrogen functional groups attached to an aromatic ring is 1. The molecule has 0 radical (unpaired) electrons. The number of ether oxygens (including phenoxy) is 2. The number of anilines is 1. The third kappa shape index (κ3) is 7.64. The molecule has 0 aliphatic rings. The maximum atomic E-state index is 13.6. The lowest BCUT2D eigenvalue weighted by molar-refractivity contribution is -0.171. The van der Waals surface area contributed by atoms with Gasteiger partial charge in [0.25, 0.3) is 6.29 Å². The van der Waals surface area contributed by atoms with E-state index in [1.807, 2.05) is 121 Å². The first-order chi connectivity index (χ1) is 23.5. The highest BCUT2D eigenvalue weighted by atomic mass is 32.1. The second kappa shape index (κ2) is 15.0. The van der Waals surface area contributed by atoms with Crippen LogP contribution in [-0.4, -0.2) is 31.1 Å². The number of oxime groups is 1. The number of carboxylic acid groups (broad SMARTS) is 1. The Morgan fingerprint density at radius 1 is 0.792 bits per heavy atom. The van der Waals surface area contributed by atoms with E-state index < -0.39 is 35.6 Å². The highest BCUT2D eigenvalue weighted by Gasteiger charge is 2.27. The number of nitrogens with two attached hydrogens (primary N) is 1. The van der Waals surface area contributed by atoms with Gasteiger partial charge in [0, 0.05) is 23.8 Å². The van der Waals surface area contributed by atoms with Crippen LogP contribution in [0.1, 0.15) is 52.3 Å². The third-order valence-electron chi connectivity index (χ3n) is 7.16. The Kier molecular flexibility index (Phi) is 9.95. The smallest absolute Gasteiger partial charge is 0.362 e. The first-order valence-electron chi connectivity index (χ1n) is 14.8. The van der Waals surface area contributed by atoms with Crippen molar-refractivity contribution in [3.63, 3.8) is 0 Å². The molecule has 0 saturated carbocycles. The van der Waals surface area contributed by atoms with Crippen molar-refractivity contribution in [1.29, 1.82) is 0 Å². The number of hydrogen-bond acceptors (Lipinski definition) is 10. The van der Waals surface area contributed by atoms with E-state index in [9.17, 15) is 14.7 Å². The Morgan fingerprint density at radius 3 is 1.73 bits per heavy atom. The highest BCUT2D eigenvalue weighted by molar-refractivity contribution is 7.09. The first kappa shape index (κ1) is 31.9. The Bertz CT molecular complexity index is 1960. The Balaban J connectivity index is 1.38. The van der Waals surface area contributed by atoms with Crippen molar-refractivity contribution < 1.29 is 24.2 Å². The number of nitrogens with one attached hydrogen (secondary N) is 1. The number of benzene rings is 4. The van der Waals surface area contributed by atoms with Crippen LogP contribution in [0.5, 0.6) is 5.75 Å². The quantitative estimate of drug-likeness (QED) is 0.0735. The summed E-state index contributed by atoms with van der Waals surface area (Å²) in [6.07, 6.45) is -1.25. The Hall–Kier alpha value is -6.11. The lowest BCUT2D eigenvalue weighted by Crippen LogP contribution is -2.21. The summed E-state index contributed by atoms with van der Waals surface area (Å²) in [7, 11) is 0. The van der Waals surface area contributed by atoms with Crippen LogP contribution >= 0.6 is 11.5 Å². The van der Waals surface area contributed by atoms with E-state index in [0.717, 1.165) is 33.8 Å². The summed E-state index contributed by atoms with van der Waals surface area (Å²) in [5, 5.41) is 13.8. The van der Waals surface area contributed by atoms with Crippen LogP contribution in [0.15, 0.2) is 144 Å². The number of aromatic nitrogens is 3. The fraction of sp³-hybridized carbons (Fsp3) is 0.0833. The zero-order chi connectivity index (χ0) is 33.3. The van der Waals surface area contributed by atoms with Gasteiger partial charge in [-0.2, -0.15) is 9.36 Å². The molecule has 0 saturated heterocycles. The average Bonchev–Trinajstić information content (AvgIpc) is 3.56.